The molecule has 0 bridgehead atoms. The Morgan fingerprint density at radius 1 is 0.909 bits per heavy atom. The first kappa shape index (κ1) is 22.2. The molecule has 33 heavy (non-hydrogen) atoms. The van der Waals surface area contributed by atoms with Crippen molar-refractivity contribution >= 4 is 11.9 Å². The first-order chi connectivity index (χ1) is 16.0. The van der Waals surface area contributed by atoms with Gasteiger partial charge in [-0.25, -0.2) is 4.39 Å². The van der Waals surface area contributed by atoms with Crippen molar-refractivity contribution in [1.82, 2.24) is 0 Å². The van der Waals surface area contributed by atoms with E-state index in [1.807, 2.05) is 0 Å². The number of hydrogen-bond donors (Lipinski definition) is 0. The monoisotopic (exact) mass is 450 g/mol. The number of carbonyl (C=O) groups is 1. The molecule has 0 aliphatic carbocycles. The van der Waals surface area contributed by atoms with Gasteiger partial charge in [0.25, 0.3) is 0 Å². The van der Waals surface area contributed by atoms with E-state index in [1.54, 1.807) is 55.5 Å². The van der Waals surface area contributed by atoms with Crippen LogP contribution in [0.25, 0.3) is 6.08 Å². The van der Waals surface area contributed by atoms with Gasteiger partial charge in [0.05, 0.1) is 26.9 Å². The van der Waals surface area contributed by atoms with E-state index < -0.39 is 0 Å². The normalized spacial score (nSPS) is 13.5. The number of benzene rings is 3. The Bertz CT molecular complexity index is 1250. The molecule has 0 atom stereocenters. The maximum absolute atomic E-state index is 13.9. The van der Waals surface area contributed by atoms with Crippen LogP contribution in [0.3, 0.4) is 0 Å². The number of hydrogen-bond acceptors (Lipinski definition) is 6. The molecule has 1 aliphatic rings. The highest BCUT2D eigenvalue weighted by Crippen LogP contribution is 2.43. The van der Waals surface area contributed by atoms with Crippen LogP contribution in [0.5, 0.6) is 28.7 Å². The second-order valence-electron chi connectivity index (χ2n) is 7.31. The predicted octanol–water partition coefficient (Wildman–Crippen LogP) is 5.36. The molecular formula is C26H23FO6. The van der Waals surface area contributed by atoms with Crippen molar-refractivity contribution in [3.63, 3.8) is 0 Å². The Balaban J connectivity index is 1.63. The summed E-state index contributed by atoms with van der Waals surface area (Å²) in [4.78, 5) is 13.0. The molecule has 1 aliphatic heterocycles. The molecule has 4 rings (SSSR count). The van der Waals surface area contributed by atoms with Gasteiger partial charge in [0.15, 0.2) is 17.3 Å². The lowest BCUT2D eigenvalue weighted by Gasteiger charge is -2.14. The van der Waals surface area contributed by atoms with Gasteiger partial charge in [-0.1, -0.05) is 18.2 Å². The minimum Gasteiger partial charge on any atom is -0.493 e. The maximum atomic E-state index is 13.9. The fourth-order valence-electron chi connectivity index (χ4n) is 3.67. The summed E-state index contributed by atoms with van der Waals surface area (Å²) in [6.45, 7) is 1.86. The molecule has 3 aromatic rings. The topological polar surface area (TPSA) is 63.2 Å². The van der Waals surface area contributed by atoms with E-state index in [0.717, 1.165) is 0 Å². The first-order valence-electron chi connectivity index (χ1n) is 10.2. The van der Waals surface area contributed by atoms with Gasteiger partial charge in [-0.2, -0.15) is 0 Å². The Morgan fingerprint density at radius 2 is 1.64 bits per heavy atom. The lowest BCUT2D eigenvalue weighted by atomic mass is 10.1. The van der Waals surface area contributed by atoms with Crippen LogP contribution in [-0.4, -0.2) is 27.1 Å². The summed E-state index contributed by atoms with van der Waals surface area (Å²) >= 11 is 0. The summed E-state index contributed by atoms with van der Waals surface area (Å²) in [6, 6.07) is 13.2. The van der Waals surface area contributed by atoms with Gasteiger partial charge < -0.3 is 23.7 Å². The number of halogens is 1. The summed E-state index contributed by atoms with van der Waals surface area (Å²) in [5.41, 5.74) is 2.12. The van der Waals surface area contributed by atoms with Gasteiger partial charge in [-0.3, -0.25) is 4.79 Å². The van der Waals surface area contributed by atoms with E-state index in [2.05, 4.69) is 0 Å². The lowest BCUT2D eigenvalue weighted by Crippen LogP contribution is -2.00. The van der Waals surface area contributed by atoms with Crippen LogP contribution in [0.1, 0.15) is 27.0 Å². The summed E-state index contributed by atoms with van der Waals surface area (Å²) in [6.07, 6.45) is 1.60. The van der Waals surface area contributed by atoms with E-state index in [1.165, 1.54) is 27.4 Å². The molecule has 0 radical (unpaired) electrons. The third kappa shape index (κ3) is 4.09. The van der Waals surface area contributed by atoms with Crippen LogP contribution in [0.2, 0.25) is 0 Å². The molecule has 0 amide bonds. The van der Waals surface area contributed by atoms with Crippen molar-refractivity contribution in [2.75, 3.05) is 21.3 Å². The molecule has 3 aromatic carbocycles. The second kappa shape index (κ2) is 9.24. The lowest BCUT2D eigenvalue weighted by molar-refractivity contribution is 0.101. The minimum atomic E-state index is -0.336. The third-order valence-corrected chi connectivity index (χ3v) is 5.40. The number of ether oxygens (including phenoxy) is 5. The third-order valence-electron chi connectivity index (χ3n) is 5.40. The number of methoxy groups -OCH3 is 3. The fraction of sp³-hybridized carbons (Fsp3) is 0.192. The summed E-state index contributed by atoms with van der Waals surface area (Å²) in [5.74, 6) is 1.81. The SMILES string of the molecule is COc1ccc(/C=C2\Oc3c(ccc(OCc4ccccc4F)c3C)C2=O)c(OC)c1OC. The van der Waals surface area contributed by atoms with Crippen LogP contribution >= 0.6 is 0 Å². The minimum absolute atomic E-state index is 0.0613. The molecule has 0 fully saturated rings. The quantitative estimate of drug-likeness (QED) is 0.452. The zero-order valence-electron chi connectivity index (χ0n) is 18.7. The van der Waals surface area contributed by atoms with Gasteiger partial charge in [-0.15, -0.1) is 0 Å². The largest absolute Gasteiger partial charge is 0.493 e. The second-order valence-corrected chi connectivity index (χ2v) is 7.31. The number of allylic oxidation sites excluding steroid dienone is 1. The molecule has 7 heteroatoms. The molecule has 0 saturated heterocycles. The Labute approximate surface area is 191 Å². The molecule has 0 unspecified atom stereocenters. The summed E-state index contributed by atoms with van der Waals surface area (Å²) in [5, 5.41) is 0. The molecule has 0 N–H and O–H groups in total. The van der Waals surface area contributed by atoms with E-state index in [4.69, 9.17) is 23.7 Å². The molecule has 1 heterocycles. The average Bonchev–Trinajstić information content (AvgIpc) is 3.15. The van der Waals surface area contributed by atoms with Gasteiger partial charge in [0.2, 0.25) is 11.5 Å². The number of carbonyl (C=O) groups excluding carboxylic acids is 1. The Morgan fingerprint density at radius 3 is 2.33 bits per heavy atom. The first-order valence-corrected chi connectivity index (χ1v) is 10.2. The summed E-state index contributed by atoms with van der Waals surface area (Å²) in [7, 11) is 4.55. The van der Waals surface area contributed by atoms with Crippen LogP contribution in [0.4, 0.5) is 4.39 Å². The van der Waals surface area contributed by atoms with E-state index >= 15 is 0 Å². The van der Waals surface area contributed by atoms with Gasteiger partial charge >= 0.3 is 0 Å². The van der Waals surface area contributed by atoms with Crippen LogP contribution in [-0.2, 0) is 6.61 Å². The number of fused-ring (bicyclic) bond motifs is 1. The molecule has 6 nitrogen and oxygen atoms in total. The number of Topliss-reactive ketones (excluding diaryl/α,β-unsaturated/α-hetero) is 1. The van der Waals surface area contributed by atoms with Crippen LogP contribution in [0.15, 0.2) is 54.3 Å². The highest BCUT2D eigenvalue weighted by Gasteiger charge is 2.31. The molecule has 0 aromatic heterocycles. The zero-order chi connectivity index (χ0) is 23.5. The van der Waals surface area contributed by atoms with Crippen molar-refractivity contribution in [2.24, 2.45) is 0 Å². The smallest absolute Gasteiger partial charge is 0.231 e. The Kier molecular flexibility index (Phi) is 6.22. The van der Waals surface area contributed by atoms with E-state index in [9.17, 15) is 9.18 Å². The molecule has 0 spiro atoms. The highest BCUT2D eigenvalue weighted by atomic mass is 19.1. The van der Waals surface area contributed by atoms with Crippen molar-refractivity contribution in [1.29, 1.82) is 0 Å². The Hall–Kier alpha value is -4.00. The fourth-order valence-corrected chi connectivity index (χ4v) is 3.67. The summed E-state index contributed by atoms with van der Waals surface area (Å²) < 4.78 is 41.8. The molecular weight excluding hydrogens is 427 g/mol. The molecule has 0 saturated carbocycles. The van der Waals surface area contributed by atoms with Crippen LogP contribution in [0, 0.1) is 12.7 Å². The van der Waals surface area contributed by atoms with Crippen molar-refractivity contribution in [2.45, 2.75) is 13.5 Å². The van der Waals surface area contributed by atoms with Gasteiger partial charge in [-0.05, 0) is 43.3 Å². The number of ketones is 1. The molecule has 170 valence electrons. The average molecular weight is 450 g/mol. The van der Waals surface area contributed by atoms with Gasteiger partial charge in [0.1, 0.15) is 23.9 Å². The standard InChI is InChI=1S/C26H23FO6/c1-15-20(32-14-17-7-5-6-8-19(17)27)12-10-18-23(28)22(33-24(15)18)13-16-9-11-21(29-2)26(31-4)25(16)30-3/h5-13H,14H2,1-4H3/b22-13-. The van der Waals surface area contributed by atoms with Crippen LogP contribution < -0.4 is 23.7 Å². The highest BCUT2D eigenvalue weighted by molar-refractivity contribution is 6.15. The van der Waals surface area contributed by atoms with Crippen molar-refractivity contribution in [3.05, 3.63) is 82.4 Å². The maximum Gasteiger partial charge on any atom is 0.231 e. The zero-order valence-corrected chi connectivity index (χ0v) is 18.7. The van der Waals surface area contributed by atoms with Crippen molar-refractivity contribution in [3.8, 4) is 28.7 Å². The van der Waals surface area contributed by atoms with Gasteiger partial charge in [0, 0.05) is 16.7 Å². The number of rotatable bonds is 7. The van der Waals surface area contributed by atoms with E-state index in [0.29, 0.717) is 51.0 Å². The predicted molar refractivity (Wildman–Crippen MR) is 121 cm³/mol. The van der Waals surface area contributed by atoms with E-state index in [-0.39, 0.29) is 24.0 Å². The van der Waals surface area contributed by atoms with Crippen molar-refractivity contribution < 1.29 is 32.9 Å².